The van der Waals surface area contributed by atoms with E-state index in [0.29, 0.717) is 23.9 Å². The molecule has 4 rings (SSSR count). The van der Waals surface area contributed by atoms with Crippen molar-refractivity contribution >= 4 is 0 Å². The van der Waals surface area contributed by atoms with Crippen LogP contribution < -0.4 is 5.32 Å². The van der Waals surface area contributed by atoms with Gasteiger partial charge in [-0.2, -0.15) is 0 Å². The van der Waals surface area contributed by atoms with E-state index >= 15 is 0 Å². The van der Waals surface area contributed by atoms with Gasteiger partial charge in [-0.1, -0.05) is 12.5 Å². The second-order valence-corrected chi connectivity index (χ2v) is 7.47. The van der Waals surface area contributed by atoms with Crippen molar-refractivity contribution in [3.8, 4) is 0 Å². The second-order valence-electron chi connectivity index (χ2n) is 7.47. The van der Waals surface area contributed by atoms with Gasteiger partial charge < -0.3 is 5.32 Å². The zero-order valence-corrected chi connectivity index (χ0v) is 12.4. The molecule has 2 bridgehead atoms. The van der Waals surface area contributed by atoms with Gasteiger partial charge in [-0.25, -0.2) is 8.78 Å². The molecule has 0 aliphatic heterocycles. The Kier molecular flexibility index (Phi) is 3.29. The Hall–Kier alpha value is -0.960. The normalized spacial score (nSPS) is 34.6. The maximum atomic E-state index is 14.1. The van der Waals surface area contributed by atoms with Crippen LogP contribution in [0.2, 0.25) is 0 Å². The first-order valence-corrected chi connectivity index (χ1v) is 8.32. The third-order valence-electron chi connectivity index (χ3n) is 6.01. The van der Waals surface area contributed by atoms with E-state index in [4.69, 9.17) is 0 Å². The predicted molar refractivity (Wildman–Crippen MR) is 79.0 cm³/mol. The summed E-state index contributed by atoms with van der Waals surface area (Å²) >= 11 is 0. The van der Waals surface area contributed by atoms with Gasteiger partial charge in [0.1, 0.15) is 11.6 Å². The third kappa shape index (κ3) is 2.50. The Balaban J connectivity index is 1.60. The van der Waals surface area contributed by atoms with E-state index in [9.17, 15) is 8.78 Å². The predicted octanol–water partition coefficient (Wildman–Crippen LogP) is 4.07. The minimum absolute atomic E-state index is 0.0779. The minimum atomic E-state index is -0.372. The summed E-state index contributed by atoms with van der Waals surface area (Å²) in [5, 5.41) is 3.64. The number of benzene rings is 1. The van der Waals surface area contributed by atoms with Crippen LogP contribution in [-0.4, -0.2) is 12.6 Å². The number of hydrogen-bond acceptors (Lipinski definition) is 1. The molecule has 3 heteroatoms. The van der Waals surface area contributed by atoms with Gasteiger partial charge >= 0.3 is 0 Å². The van der Waals surface area contributed by atoms with E-state index in [-0.39, 0.29) is 17.0 Å². The van der Waals surface area contributed by atoms with E-state index in [1.807, 2.05) is 0 Å². The summed E-state index contributed by atoms with van der Waals surface area (Å²) in [5.41, 5.74) is 0.386. The highest BCUT2D eigenvalue weighted by Gasteiger charge is 2.51. The monoisotopic (exact) mass is 291 g/mol. The highest BCUT2D eigenvalue weighted by molar-refractivity contribution is 5.23. The van der Waals surface area contributed by atoms with Crippen LogP contribution in [0.25, 0.3) is 0 Å². The van der Waals surface area contributed by atoms with Gasteiger partial charge in [-0.3, -0.25) is 0 Å². The standard InChI is InChI=1S/C18H23F2N/c19-16-2-1-3-17(20)15(16)10-18(11-21-14-6-7-14)9-12-4-5-13(18)8-12/h1-3,12-14,21H,4-11H2. The zero-order valence-electron chi connectivity index (χ0n) is 12.4. The molecule has 0 aromatic heterocycles. The molecule has 3 saturated carbocycles. The van der Waals surface area contributed by atoms with E-state index in [0.717, 1.165) is 18.9 Å². The van der Waals surface area contributed by atoms with Crippen molar-refractivity contribution in [3.63, 3.8) is 0 Å². The lowest BCUT2D eigenvalue weighted by Gasteiger charge is -2.38. The van der Waals surface area contributed by atoms with Crippen LogP contribution in [0.1, 0.15) is 44.1 Å². The third-order valence-corrected chi connectivity index (χ3v) is 6.01. The molecular formula is C18H23F2N. The van der Waals surface area contributed by atoms with Gasteiger partial charge in [0, 0.05) is 18.2 Å². The molecule has 1 aromatic rings. The average Bonchev–Trinajstić information content (AvgIpc) is 3.09. The molecule has 3 unspecified atom stereocenters. The van der Waals surface area contributed by atoms with Crippen molar-refractivity contribution in [1.29, 1.82) is 0 Å². The van der Waals surface area contributed by atoms with E-state index < -0.39 is 0 Å². The summed E-state index contributed by atoms with van der Waals surface area (Å²) in [7, 11) is 0. The Morgan fingerprint density at radius 1 is 1.10 bits per heavy atom. The SMILES string of the molecule is Fc1cccc(F)c1CC1(CNC2CC2)CC2CCC1C2. The van der Waals surface area contributed by atoms with Crippen LogP contribution in [0.5, 0.6) is 0 Å². The molecule has 1 aromatic carbocycles. The number of nitrogens with one attached hydrogen (secondary N) is 1. The van der Waals surface area contributed by atoms with Crippen molar-refractivity contribution < 1.29 is 8.78 Å². The topological polar surface area (TPSA) is 12.0 Å². The highest BCUT2D eigenvalue weighted by atomic mass is 19.1. The summed E-state index contributed by atoms with van der Waals surface area (Å²) in [6.07, 6.45) is 8.05. The first-order chi connectivity index (χ1) is 10.2. The minimum Gasteiger partial charge on any atom is -0.313 e. The lowest BCUT2D eigenvalue weighted by molar-refractivity contribution is 0.152. The van der Waals surface area contributed by atoms with Gasteiger partial charge in [0.25, 0.3) is 0 Å². The van der Waals surface area contributed by atoms with Crippen LogP contribution in [0.4, 0.5) is 8.78 Å². The van der Waals surface area contributed by atoms with Crippen LogP contribution in [0.3, 0.4) is 0 Å². The van der Waals surface area contributed by atoms with Gasteiger partial charge in [-0.05, 0) is 67.9 Å². The Morgan fingerprint density at radius 3 is 2.43 bits per heavy atom. The highest BCUT2D eigenvalue weighted by Crippen LogP contribution is 2.57. The summed E-state index contributed by atoms with van der Waals surface area (Å²) in [6, 6.07) is 4.91. The molecule has 0 spiro atoms. The number of rotatable bonds is 5. The molecule has 1 nitrogen and oxygen atoms in total. The number of fused-ring (bicyclic) bond motifs is 2. The summed E-state index contributed by atoms with van der Waals surface area (Å²) in [5.74, 6) is 0.686. The fourth-order valence-electron chi connectivity index (χ4n) is 4.74. The number of hydrogen-bond donors (Lipinski definition) is 1. The largest absolute Gasteiger partial charge is 0.313 e. The molecular weight excluding hydrogens is 268 g/mol. The van der Waals surface area contributed by atoms with Gasteiger partial charge in [-0.15, -0.1) is 0 Å². The summed E-state index contributed by atoms with van der Waals surface area (Å²) in [6.45, 7) is 0.937. The molecule has 3 atom stereocenters. The van der Waals surface area contributed by atoms with Crippen LogP contribution in [0, 0.1) is 28.9 Å². The molecule has 1 N–H and O–H groups in total. The molecule has 3 aliphatic carbocycles. The van der Waals surface area contributed by atoms with Gasteiger partial charge in [0.2, 0.25) is 0 Å². The second kappa shape index (κ2) is 5.05. The Labute approximate surface area is 125 Å². The maximum Gasteiger partial charge on any atom is 0.129 e. The molecule has 0 radical (unpaired) electrons. The van der Waals surface area contributed by atoms with Crippen molar-refractivity contribution in [3.05, 3.63) is 35.4 Å². The van der Waals surface area contributed by atoms with Crippen molar-refractivity contribution in [1.82, 2.24) is 5.32 Å². The molecule has 21 heavy (non-hydrogen) atoms. The lowest BCUT2D eigenvalue weighted by Crippen LogP contribution is -2.41. The quantitative estimate of drug-likeness (QED) is 0.862. The molecule has 0 heterocycles. The lowest BCUT2D eigenvalue weighted by atomic mass is 9.69. The Bertz CT molecular complexity index is 520. The van der Waals surface area contributed by atoms with E-state index in [1.54, 1.807) is 0 Å². The molecule has 114 valence electrons. The fourth-order valence-corrected chi connectivity index (χ4v) is 4.74. The zero-order chi connectivity index (χ0) is 14.4. The molecule has 0 amide bonds. The summed E-state index contributed by atoms with van der Waals surface area (Å²) in [4.78, 5) is 0. The average molecular weight is 291 g/mol. The Morgan fingerprint density at radius 2 is 1.86 bits per heavy atom. The first kappa shape index (κ1) is 13.7. The van der Waals surface area contributed by atoms with Crippen molar-refractivity contribution in [2.45, 2.75) is 51.0 Å². The smallest absolute Gasteiger partial charge is 0.129 e. The van der Waals surface area contributed by atoms with E-state index in [2.05, 4.69) is 5.32 Å². The molecule has 3 fully saturated rings. The number of halogens is 2. The van der Waals surface area contributed by atoms with E-state index in [1.165, 1.54) is 50.3 Å². The fraction of sp³-hybridized carbons (Fsp3) is 0.667. The van der Waals surface area contributed by atoms with Crippen LogP contribution >= 0.6 is 0 Å². The molecule has 0 saturated heterocycles. The van der Waals surface area contributed by atoms with Gasteiger partial charge in [0.15, 0.2) is 0 Å². The maximum absolute atomic E-state index is 14.1. The summed E-state index contributed by atoms with van der Waals surface area (Å²) < 4.78 is 28.1. The van der Waals surface area contributed by atoms with Crippen LogP contribution in [-0.2, 0) is 6.42 Å². The van der Waals surface area contributed by atoms with Crippen molar-refractivity contribution in [2.75, 3.05) is 6.54 Å². The van der Waals surface area contributed by atoms with Crippen molar-refractivity contribution in [2.24, 2.45) is 17.3 Å². The van der Waals surface area contributed by atoms with Gasteiger partial charge in [0.05, 0.1) is 0 Å². The first-order valence-electron chi connectivity index (χ1n) is 8.32. The van der Waals surface area contributed by atoms with Crippen LogP contribution in [0.15, 0.2) is 18.2 Å². The molecule has 3 aliphatic rings.